The van der Waals surface area contributed by atoms with Gasteiger partial charge in [-0.25, -0.2) is 4.98 Å². The first kappa shape index (κ1) is 18.5. The third-order valence-electron chi connectivity index (χ3n) is 5.17. The first-order chi connectivity index (χ1) is 13.6. The highest BCUT2D eigenvalue weighted by Gasteiger charge is 2.18. The standard InChI is InChI=1S/C22H25N5O.H2/c1-14-4-8-17(9-5-14)19-13-24-15(2)20(25-19)22-27-26-21(28-22)18-10-6-16(7-11-18)12-23-3;/h6-8,10-11,13-14,23H,4-5,9,12H2,1-3H3;1H. The molecule has 1 aliphatic rings. The largest absolute Gasteiger partial charge is 0.415 e. The lowest BCUT2D eigenvalue weighted by molar-refractivity contribution is 0.533. The Kier molecular flexibility index (Phi) is 5.30. The number of rotatable bonds is 5. The first-order valence-electron chi connectivity index (χ1n) is 9.75. The zero-order chi connectivity index (χ0) is 19.5. The van der Waals surface area contributed by atoms with Crippen molar-refractivity contribution in [2.75, 3.05) is 7.05 Å². The van der Waals surface area contributed by atoms with Crippen LogP contribution < -0.4 is 5.32 Å². The highest BCUT2D eigenvalue weighted by Crippen LogP contribution is 2.31. The highest BCUT2D eigenvalue weighted by atomic mass is 16.4. The van der Waals surface area contributed by atoms with E-state index < -0.39 is 0 Å². The van der Waals surface area contributed by atoms with E-state index in [4.69, 9.17) is 9.40 Å². The van der Waals surface area contributed by atoms with E-state index in [1.165, 1.54) is 17.6 Å². The lowest BCUT2D eigenvalue weighted by Gasteiger charge is -2.18. The molecule has 0 aliphatic heterocycles. The van der Waals surface area contributed by atoms with E-state index in [1.54, 1.807) is 0 Å². The Labute approximate surface area is 166 Å². The van der Waals surface area contributed by atoms with E-state index in [2.05, 4.69) is 45.6 Å². The summed E-state index contributed by atoms with van der Waals surface area (Å²) in [4.78, 5) is 9.33. The Bertz CT molecular complexity index is 997. The number of hydrogen-bond donors (Lipinski definition) is 1. The molecule has 0 bridgehead atoms. The molecule has 2 heterocycles. The zero-order valence-electron chi connectivity index (χ0n) is 16.6. The van der Waals surface area contributed by atoms with Crippen molar-refractivity contribution < 1.29 is 5.84 Å². The minimum absolute atomic E-state index is 0. The van der Waals surface area contributed by atoms with Crippen molar-refractivity contribution in [3.05, 3.63) is 53.5 Å². The van der Waals surface area contributed by atoms with Crippen LogP contribution in [0.4, 0.5) is 0 Å². The van der Waals surface area contributed by atoms with E-state index in [0.717, 1.165) is 42.3 Å². The van der Waals surface area contributed by atoms with Gasteiger partial charge in [0.2, 0.25) is 5.89 Å². The van der Waals surface area contributed by atoms with Gasteiger partial charge in [0.25, 0.3) is 5.89 Å². The fraction of sp³-hybridized carbons (Fsp3) is 0.364. The smallest absolute Gasteiger partial charge is 0.268 e. The van der Waals surface area contributed by atoms with Gasteiger partial charge < -0.3 is 9.73 Å². The maximum absolute atomic E-state index is 5.94. The molecule has 146 valence electrons. The van der Waals surface area contributed by atoms with Gasteiger partial charge in [0.15, 0.2) is 0 Å². The van der Waals surface area contributed by atoms with Crippen LogP contribution in [0.25, 0.3) is 28.6 Å². The van der Waals surface area contributed by atoms with Crippen molar-refractivity contribution >= 4 is 5.57 Å². The molecule has 6 heteroatoms. The Hall–Kier alpha value is -2.86. The Morgan fingerprint density at radius 3 is 2.68 bits per heavy atom. The van der Waals surface area contributed by atoms with Crippen LogP contribution in [0.1, 0.15) is 44.6 Å². The van der Waals surface area contributed by atoms with Gasteiger partial charge in [0, 0.05) is 13.5 Å². The molecule has 6 nitrogen and oxygen atoms in total. The van der Waals surface area contributed by atoms with Crippen LogP contribution in [-0.2, 0) is 6.54 Å². The van der Waals surface area contributed by atoms with E-state index in [1.807, 2.05) is 32.3 Å². The van der Waals surface area contributed by atoms with Crippen LogP contribution in [-0.4, -0.2) is 27.2 Å². The summed E-state index contributed by atoms with van der Waals surface area (Å²) in [6.07, 6.45) is 7.44. The minimum atomic E-state index is 0. The Morgan fingerprint density at radius 2 is 1.96 bits per heavy atom. The third-order valence-corrected chi connectivity index (χ3v) is 5.17. The molecule has 0 spiro atoms. The molecule has 2 aromatic heterocycles. The van der Waals surface area contributed by atoms with Crippen molar-refractivity contribution in [3.8, 4) is 23.0 Å². The Morgan fingerprint density at radius 1 is 1.18 bits per heavy atom. The van der Waals surface area contributed by atoms with Crippen LogP contribution in [0.5, 0.6) is 0 Å². The number of hydrogen-bond acceptors (Lipinski definition) is 6. The van der Waals surface area contributed by atoms with Crippen LogP contribution in [0.15, 0.2) is 41.0 Å². The number of benzene rings is 1. The van der Waals surface area contributed by atoms with Crippen molar-refractivity contribution in [2.45, 2.75) is 39.7 Å². The first-order valence-corrected chi connectivity index (χ1v) is 9.75. The zero-order valence-corrected chi connectivity index (χ0v) is 16.6. The monoisotopic (exact) mass is 377 g/mol. The van der Waals surface area contributed by atoms with Gasteiger partial charge in [0.05, 0.1) is 17.6 Å². The second kappa shape index (κ2) is 8.02. The predicted molar refractivity (Wildman–Crippen MR) is 111 cm³/mol. The molecule has 0 saturated carbocycles. The summed E-state index contributed by atoms with van der Waals surface area (Å²) in [7, 11) is 1.93. The van der Waals surface area contributed by atoms with Gasteiger partial charge in [0.1, 0.15) is 5.69 Å². The summed E-state index contributed by atoms with van der Waals surface area (Å²) in [5.74, 6) is 1.63. The van der Waals surface area contributed by atoms with Crippen molar-refractivity contribution in [1.82, 2.24) is 25.5 Å². The van der Waals surface area contributed by atoms with E-state index in [9.17, 15) is 0 Å². The van der Waals surface area contributed by atoms with Crippen molar-refractivity contribution in [2.24, 2.45) is 5.92 Å². The molecule has 1 aliphatic carbocycles. The van der Waals surface area contributed by atoms with Crippen LogP contribution >= 0.6 is 0 Å². The topological polar surface area (TPSA) is 76.7 Å². The SMILES string of the molecule is CNCc1ccc(-c2nnc(-c3nc(C4=CCC(C)CC4)cnc3C)o2)cc1.[HH]. The third kappa shape index (κ3) is 3.87. The maximum atomic E-state index is 5.94. The fourth-order valence-corrected chi connectivity index (χ4v) is 3.41. The van der Waals surface area contributed by atoms with Crippen LogP contribution in [0.3, 0.4) is 0 Å². The molecular weight excluding hydrogens is 350 g/mol. The molecule has 1 atom stereocenters. The second-order valence-corrected chi connectivity index (χ2v) is 7.44. The van der Waals surface area contributed by atoms with Gasteiger partial charge in [-0.15, -0.1) is 10.2 Å². The number of allylic oxidation sites excluding steroid dienone is 2. The lowest BCUT2D eigenvalue weighted by Crippen LogP contribution is -2.04. The number of nitrogens with one attached hydrogen (secondary N) is 1. The molecule has 1 unspecified atom stereocenters. The summed E-state index contributed by atoms with van der Waals surface area (Å²) >= 11 is 0. The van der Waals surface area contributed by atoms with Crippen LogP contribution in [0, 0.1) is 12.8 Å². The summed E-state index contributed by atoms with van der Waals surface area (Å²) in [5.41, 5.74) is 5.70. The van der Waals surface area contributed by atoms with Gasteiger partial charge >= 0.3 is 0 Å². The maximum Gasteiger partial charge on any atom is 0.268 e. The normalized spacial score (nSPS) is 16.8. The predicted octanol–water partition coefficient (Wildman–Crippen LogP) is 4.67. The molecule has 1 aromatic carbocycles. The van der Waals surface area contributed by atoms with Gasteiger partial charge in [-0.3, -0.25) is 4.98 Å². The fourth-order valence-electron chi connectivity index (χ4n) is 3.41. The van der Waals surface area contributed by atoms with E-state index in [-0.39, 0.29) is 1.43 Å². The van der Waals surface area contributed by atoms with E-state index >= 15 is 0 Å². The van der Waals surface area contributed by atoms with Gasteiger partial charge in [-0.05, 0) is 62.4 Å². The average molecular weight is 377 g/mol. The average Bonchev–Trinajstić information content (AvgIpc) is 3.20. The van der Waals surface area contributed by atoms with Gasteiger partial charge in [-0.2, -0.15) is 0 Å². The molecule has 0 radical (unpaired) electrons. The van der Waals surface area contributed by atoms with Crippen molar-refractivity contribution in [3.63, 3.8) is 0 Å². The van der Waals surface area contributed by atoms with Crippen LogP contribution in [0.2, 0.25) is 0 Å². The lowest BCUT2D eigenvalue weighted by atomic mass is 9.90. The molecule has 0 saturated heterocycles. The van der Waals surface area contributed by atoms with E-state index in [0.29, 0.717) is 17.5 Å². The molecule has 3 aromatic rings. The number of aromatic nitrogens is 4. The summed E-state index contributed by atoms with van der Waals surface area (Å²) in [6.45, 7) is 5.02. The number of nitrogens with zero attached hydrogens (tertiary/aromatic N) is 4. The van der Waals surface area contributed by atoms with Crippen molar-refractivity contribution in [1.29, 1.82) is 0 Å². The molecule has 4 rings (SSSR count). The highest BCUT2D eigenvalue weighted by molar-refractivity contribution is 5.65. The molecule has 0 fully saturated rings. The minimum Gasteiger partial charge on any atom is -0.415 e. The summed E-state index contributed by atoms with van der Waals surface area (Å²) < 4.78 is 5.94. The second-order valence-electron chi connectivity index (χ2n) is 7.44. The summed E-state index contributed by atoms with van der Waals surface area (Å²) in [5, 5.41) is 11.6. The molecular formula is C22H27N5O. The number of aryl methyl sites for hydroxylation is 1. The molecule has 0 amide bonds. The molecule has 28 heavy (non-hydrogen) atoms. The summed E-state index contributed by atoms with van der Waals surface area (Å²) in [6, 6.07) is 8.09. The van der Waals surface area contributed by atoms with Gasteiger partial charge in [-0.1, -0.05) is 25.1 Å². The Balaban J connectivity index is 0.00000240. The quantitative estimate of drug-likeness (QED) is 0.696. The molecule has 1 N–H and O–H groups in total.